The number of halogens is 1. The fourth-order valence-corrected chi connectivity index (χ4v) is 3.85. The topological polar surface area (TPSA) is 53.0 Å². The molecule has 0 aliphatic carbocycles. The zero-order valence-corrected chi connectivity index (χ0v) is 17.5. The van der Waals surface area contributed by atoms with Crippen molar-refractivity contribution in [2.75, 3.05) is 59.5 Å². The summed E-state index contributed by atoms with van der Waals surface area (Å²) in [6, 6.07) is 0. The van der Waals surface area contributed by atoms with E-state index in [0.717, 1.165) is 64.2 Å². The molecule has 6 nitrogen and oxygen atoms in total. The fraction of sp³-hybridized carbons (Fsp3) is 0.750. The molecule has 2 aliphatic heterocycles. The number of aliphatic imine (C=N–C) groups is 1. The van der Waals surface area contributed by atoms with Gasteiger partial charge in [0.15, 0.2) is 5.96 Å². The Bertz CT molecular complexity index is 485. The number of nitrogens with zero attached hydrogens (tertiary/aromatic N) is 4. The SMILES string of the molecule is CN=C(NCCc1nccs1)N1CCN(CC2CCOC2)CC1.I. The Labute approximate surface area is 165 Å². The highest BCUT2D eigenvalue weighted by molar-refractivity contribution is 14.0. The van der Waals surface area contributed by atoms with Crippen LogP contribution in [0.15, 0.2) is 16.6 Å². The number of piperazine rings is 1. The van der Waals surface area contributed by atoms with Crippen LogP contribution >= 0.6 is 35.3 Å². The molecule has 0 aromatic carbocycles. The Kier molecular flexibility index (Phi) is 8.71. The average Bonchev–Trinajstić information content (AvgIpc) is 3.26. The highest BCUT2D eigenvalue weighted by atomic mass is 127. The molecule has 24 heavy (non-hydrogen) atoms. The maximum absolute atomic E-state index is 5.48. The van der Waals surface area contributed by atoms with Gasteiger partial charge in [-0.25, -0.2) is 4.98 Å². The molecule has 1 aromatic heterocycles. The van der Waals surface area contributed by atoms with E-state index < -0.39 is 0 Å². The summed E-state index contributed by atoms with van der Waals surface area (Å²) in [5.74, 6) is 1.75. The monoisotopic (exact) mass is 465 g/mol. The van der Waals surface area contributed by atoms with Gasteiger partial charge in [-0.15, -0.1) is 35.3 Å². The van der Waals surface area contributed by atoms with Crippen LogP contribution in [0.25, 0.3) is 0 Å². The molecule has 1 N–H and O–H groups in total. The van der Waals surface area contributed by atoms with Gasteiger partial charge < -0.3 is 15.0 Å². The van der Waals surface area contributed by atoms with Crippen molar-refractivity contribution >= 4 is 41.3 Å². The molecule has 1 unspecified atom stereocenters. The average molecular weight is 465 g/mol. The lowest BCUT2D eigenvalue weighted by atomic mass is 10.1. The molecule has 1 atom stereocenters. The Morgan fingerprint density at radius 3 is 2.88 bits per heavy atom. The molecule has 136 valence electrons. The fourth-order valence-electron chi connectivity index (χ4n) is 3.22. The summed E-state index contributed by atoms with van der Waals surface area (Å²) in [7, 11) is 1.87. The number of hydrogen-bond donors (Lipinski definition) is 1. The van der Waals surface area contributed by atoms with Crippen molar-refractivity contribution in [3.8, 4) is 0 Å². The normalized spacial score (nSPS) is 22.5. The number of rotatable bonds is 5. The van der Waals surface area contributed by atoms with E-state index in [1.165, 1.54) is 18.0 Å². The van der Waals surface area contributed by atoms with Crippen LogP contribution in [0, 0.1) is 5.92 Å². The quantitative estimate of drug-likeness (QED) is 0.406. The molecule has 3 heterocycles. The van der Waals surface area contributed by atoms with Gasteiger partial charge in [0.2, 0.25) is 0 Å². The first-order chi connectivity index (χ1) is 11.3. The predicted molar refractivity (Wildman–Crippen MR) is 110 cm³/mol. The van der Waals surface area contributed by atoms with E-state index in [4.69, 9.17) is 4.74 Å². The molecule has 8 heteroatoms. The molecule has 0 spiro atoms. The summed E-state index contributed by atoms with van der Waals surface area (Å²) < 4.78 is 5.48. The number of aromatic nitrogens is 1. The third-order valence-corrected chi connectivity index (χ3v) is 5.37. The van der Waals surface area contributed by atoms with E-state index in [1.807, 2.05) is 18.6 Å². The smallest absolute Gasteiger partial charge is 0.193 e. The summed E-state index contributed by atoms with van der Waals surface area (Å²) in [6.45, 7) is 8.28. The lowest BCUT2D eigenvalue weighted by Gasteiger charge is -2.37. The predicted octanol–water partition coefficient (Wildman–Crippen LogP) is 1.53. The zero-order valence-electron chi connectivity index (χ0n) is 14.3. The number of hydrogen-bond acceptors (Lipinski definition) is 5. The minimum Gasteiger partial charge on any atom is -0.381 e. The maximum atomic E-state index is 5.48. The van der Waals surface area contributed by atoms with Crippen LogP contribution in [-0.4, -0.2) is 80.3 Å². The zero-order chi connectivity index (χ0) is 15.9. The lowest BCUT2D eigenvalue weighted by Crippen LogP contribution is -2.53. The van der Waals surface area contributed by atoms with Gasteiger partial charge in [-0.05, 0) is 12.3 Å². The van der Waals surface area contributed by atoms with Gasteiger partial charge >= 0.3 is 0 Å². The molecular formula is C16H28IN5OS. The Morgan fingerprint density at radius 2 is 2.25 bits per heavy atom. The first-order valence-corrected chi connectivity index (χ1v) is 9.37. The first kappa shape index (κ1) is 19.9. The molecule has 0 radical (unpaired) electrons. The van der Waals surface area contributed by atoms with Crippen molar-refractivity contribution in [1.82, 2.24) is 20.1 Å². The van der Waals surface area contributed by atoms with Gasteiger partial charge in [-0.1, -0.05) is 0 Å². The van der Waals surface area contributed by atoms with Gasteiger partial charge in [-0.3, -0.25) is 9.89 Å². The summed E-state index contributed by atoms with van der Waals surface area (Å²) >= 11 is 1.71. The largest absolute Gasteiger partial charge is 0.381 e. The van der Waals surface area contributed by atoms with E-state index in [2.05, 4.69) is 25.1 Å². The summed E-state index contributed by atoms with van der Waals surface area (Å²) in [6.07, 6.45) is 4.04. The van der Waals surface area contributed by atoms with Crippen molar-refractivity contribution < 1.29 is 4.74 Å². The van der Waals surface area contributed by atoms with Crippen LogP contribution < -0.4 is 5.32 Å². The third-order valence-electron chi connectivity index (χ3n) is 4.53. The van der Waals surface area contributed by atoms with E-state index in [1.54, 1.807) is 11.3 Å². The van der Waals surface area contributed by atoms with Crippen LogP contribution in [0.5, 0.6) is 0 Å². The van der Waals surface area contributed by atoms with E-state index >= 15 is 0 Å². The molecule has 1 aromatic rings. The third kappa shape index (κ3) is 5.82. The molecule has 2 aliphatic rings. The van der Waals surface area contributed by atoms with Crippen molar-refractivity contribution in [3.05, 3.63) is 16.6 Å². The highest BCUT2D eigenvalue weighted by Crippen LogP contribution is 2.15. The van der Waals surface area contributed by atoms with Crippen LogP contribution in [0.4, 0.5) is 0 Å². The summed E-state index contributed by atoms with van der Waals surface area (Å²) in [5, 5.41) is 6.67. The Morgan fingerprint density at radius 1 is 1.42 bits per heavy atom. The van der Waals surface area contributed by atoms with Gasteiger partial charge in [0.1, 0.15) is 0 Å². The molecule has 2 fully saturated rings. The number of ether oxygens (including phenoxy) is 1. The second kappa shape index (κ2) is 10.5. The minimum atomic E-state index is 0. The van der Waals surface area contributed by atoms with Crippen LogP contribution in [-0.2, 0) is 11.2 Å². The van der Waals surface area contributed by atoms with Gasteiger partial charge in [0.25, 0.3) is 0 Å². The molecule has 2 saturated heterocycles. The minimum absolute atomic E-state index is 0. The van der Waals surface area contributed by atoms with E-state index in [9.17, 15) is 0 Å². The molecule has 0 bridgehead atoms. The number of nitrogens with one attached hydrogen (secondary N) is 1. The number of guanidine groups is 1. The molecular weight excluding hydrogens is 437 g/mol. The van der Waals surface area contributed by atoms with Crippen molar-refractivity contribution in [3.63, 3.8) is 0 Å². The van der Waals surface area contributed by atoms with Gasteiger partial charge in [0, 0.05) is 70.9 Å². The van der Waals surface area contributed by atoms with Crippen molar-refractivity contribution in [2.24, 2.45) is 10.9 Å². The van der Waals surface area contributed by atoms with Gasteiger partial charge in [0.05, 0.1) is 11.6 Å². The first-order valence-electron chi connectivity index (χ1n) is 8.49. The van der Waals surface area contributed by atoms with E-state index in [-0.39, 0.29) is 24.0 Å². The van der Waals surface area contributed by atoms with Crippen molar-refractivity contribution in [2.45, 2.75) is 12.8 Å². The van der Waals surface area contributed by atoms with Crippen LogP contribution in [0.3, 0.4) is 0 Å². The molecule has 3 rings (SSSR count). The lowest BCUT2D eigenvalue weighted by molar-refractivity contribution is 0.139. The standard InChI is InChI=1S/C16H27N5OS.HI/c1-17-16(19-4-2-15-18-5-11-23-15)21-8-6-20(7-9-21)12-14-3-10-22-13-14;/h5,11,14H,2-4,6-10,12-13H2,1H3,(H,17,19);1H. The van der Waals surface area contributed by atoms with Crippen molar-refractivity contribution in [1.29, 1.82) is 0 Å². The second-order valence-electron chi connectivity index (χ2n) is 6.17. The maximum Gasteiger partial charge on any atom is 0.193 e. The van der Waals surface area contributed by atoms with Crippen LogP contribution in [0.2, 0.25) is 0 Å². The molecule has 0 saturated carbocycles. The summed E-state index contributed by atoms with van der Waals surface area (Å²) in [4.78, 5) is 13.7. The highest BCUT2D eigenvalue weighted by Gasteiger charge is 2.23. The van der Waals surface area contributed by atoms with Crippen LogP contribution in [0.1, 0.15) is 11.4 Å². The second-order valence-corrected chi connectivity index (χ2v) is 7.15. The Hall–Kier alpha value is -0.450. The Balaban J connectivity index is 0.00000208. The number of thiazole rings is 1. The van der Waals surface area contributed by atoms with Gasteiger partial charge in [-0.2, -0.15) is 0 Å². The van der Waals surface area contributed by atoms with E-state index in [0.29, 0.717) is 0 Å². The molecule has 0 amide bonds. The summed E-state index contributed by atoms with van der Waals surface area (Å²) in [5.41, 5.74) is 0.